The minimum atomic E-state index is -0.574. The average molecular weight is 263 g/mol. The highest BCUT2D eigenvalue weighted by Gasteiger charge is 2.21. The molecule has 1 unspecified atom stereocenters. The number of hydrogen-bond acceptors (Lipinski definition) is 3. The minimum Gasteiger partial charge on any atom is -0.497 e. The summed E-state index contributed by atoms with van der Waals surface area (Å²) >= 11 is 0. The van der Waals surface area contributed by atoms with Crippen LogP contribution in [0.25, 0.3) is 6.08 Å². The zero-order valence-corrected chi connectivity index (χ0v) is 11.6. The van der Waals surface area contributed by atoms with E-state index in [1.807, 2.05) is 38.1 Å². The van der Waals surface area contributed by atoms with Crippen LogP contribution in [0.3, 0.4) is 0 Å². The number of rotatable bonds is 6. The lowest BCUT2D eigenvalue weighted by Crippen LogP contribution is -2.47. The summed E-state index contributed by atoms with van der Waals surface area (Å²) in [6.45, 7) is 3.65. The van der Waals surface area contributed by atoms with Gasteiger partial charge >= 0.3 is 0 Å². The first-order valence-corrected chi connectivity index (χ1v) is 6.28. The second kappa shape index (κ2) is 6.95. The van der Waals surface area contributed by atoms with Crippen LogP contribution >= 0.6 is 0 Å². The van der Waals surface area contributed by atoms with Crippen LogP contribution in [0.5, 0.6) is 5.75 Å². The zero-order valence-electron chi connectivity index (χ0n) is 11.6. The molecule has 0 heterocycles. The minimum absolute atomic E-state index is 0.0811. The first kappa shape index (κ1) is 15.2. The van der Waals surface area contributed by atoms with Gasteiger partial charge in [0.25, 0.3) is 0 Å². The Morgan fingerprint density at radius 1 is 1.53 bits per heavy atom. The summed E-state index contributed by atoms with van der Waals surface area (Å²) in [4.78, 5) is 11.8. The first-order valence-electron chi connectivity index (χ1n) is 6.28. The number of aliphatic hydroxyl groups is 1. The summed E-state index contributed by atoms with van der Waals surface area (Å²) < 4.78 is 5.11. The second-order valence-electron chi connectivity index (χ2n) is 4.67. The van der Waals surface area contributed by atoms with Gasteiger partial charge in [0.2, 0.25) is 5.91 Å². The third-order valence-electron chi connectivity index (χ3n) is 3.08. The van der Waals surface area contributed by atoms with E-state index in [2.05, 4.69) is 5.32 Å². The summed E-state index contributed by atoms with van der Waals surface area (Å²) in [5.74, 6) is 0.525. The fourth-order valence-corrected chi connectivity index (χ4v) is 1.50. The Hall–Kier alpha value is -1.81. The molecule has 0 aromatic heterocycles. The number of methoxy groups -OCH3 is 1. The van der Waals surface area contributed by atoms with Crippen molar-refractivity contribution in [2.24, 2.45) is 0 Å². The molecule has 1 rings (SSSR count). The Morgan fingerprint density at radius 3 is 2.84 bits per heavy atom. The highest BCUT2D eigenvalue weighted by atomic mass is 16.5. The van der Waals surface area contributed by atoms with Gasteiger partial charge in [-0.1, -0.05) is 19.1 Å². The van der Waals surface area contributed by atoms with Crippen LogP contribution in [0.15, 0.2) is 30.3 Å². The maximum absolute atomic E-state index is 11.8. The molecule has 0 aliphatic heterocycles. The molecule has 104 valence electrons. The van der Waals surface area contributed by atoms with E-state index in [4.69, 9.17) is 4.74 Å². The average Bonchev–Trinajstić information content (AvgIpc) is 2.45. The molecule has 1 aromatic rings. The molecule has 1 atom stereocenters. The van der Waals surface area contributed by atoms with E-state index in [-0.39, 0.29) is 12.5 Å². The number of benzene rings is 1. The van der Waals surface area contributed by atoms with Gasteiger partial charge in [-0.2, -0.15) is 0 Å². The van der Waals surface area contributed by atoms with Crippen molar-refractivity contribution in [1.29, 1.82) is 0 Å². The van der Waals surface area contributed by atoms with Crippen LogP contribution in [0.4, 0.5) is 0 Å². The van der Waals surface area contributed by atoms with Gasteiger partial charge in [-0.15, -0.1) is 0 Å². The molecule has 19 heavy (non-hydrogen) atoms. The summed E-state index contributed by atoms with van der Waals surface area (Å²) in [6.07, 6.45) is 3.84. The number of amides is 1. The molecule has 4 nitrogen and oxygen atoms in total. The van der Waals surface area contributed by atoms with Gasteiger partial charge in [-0.05, 0) is 37.1 Å². The Labute approximate surface area is 114 Å². The number of nitrogens with one attached hydrogen (secondary N) is 1. The quantitative estimate of drug-likeness (QED) is 0.772. The summed E-state index contributed by atoms with van der Waals surface area (Å²) in [7, 11) is 1.60. The predicted molar refractivity (Wildman–Crippen MR) is 76.0 cm³/mol. The molecule has 1 amide bonds. The van der Waals surface area contributed by atoms with Crippen molar-refractivity contribution in [3.05, 3.63) is 35.9 Å². The van der Waals surface area contributed by atoms with Crippen LogP contribution in [0, 0.1) is 0 Å². The zero-order chi connectivity index (χ0) is 14.3. The smallest absolute Gasteiger partial charge is 0.244 e. The molecular weight excluding hydrogens is 242 g/mol. The fourth-order valence-electron chi connectivity index (χ4n) is 1.50. The van der Waals surface area contributed by atoms with Crippen molar-refractivity contribution in [2.75, 3.05) is 13.7 Å². The number of aliphatic hydroxyl groups excluding tert-OH is 1. The Bertz CT molecular complexity index is 450. The first-order chi connectivity index (χ1) is 9.03. The van der Waals surface area contributed by atoms with E-state index in [9.17, 15) is 9.90 Å². The van der Waals surface area contributed by atoms with E-state index in [1.54, 1.807) is 13.2 Å². The molecule has 4 heteroatoms. The highest BCUT2D eigenvalue weighted by Crippen LogP contribution is 2.14. The normalized spacial score (nSPS) is 14.1. The van der Waals surface area contributed by atoms with Crippen molar-refractivity contribution in [2.45, 2.75) is 25.8 Å². The topological polar surface area (TPSA) is 58.6 Å². The lowest BCUT2D eigenvalue weighted by Gasteiger charge is -2.26. The maximum atomic E-state index is 11.8. The van der Waals surface area contributed by atoms with Crippen LogP contribution in [0.2, 0.25) is 0 Å². The van der Waals surface area contributed by atoms with E-state index in [1.165, 1.54) is 6.08 Å². The van der Waals surface area contributed by atoms with Crippen LogP contribution in [-0.2, 0) is 4.79 Å². The Kier molecular flexibility index (Phi) is 5.57. The Morgan fingerprint density at radius 2 is 2.26 bits per heavy atom. The molecule has 1 aromatic carbocycles. The maximum Gasteiger partial charge on any atom is 0.244 e. The molecule has 0 saturated heterocycles. The van der Waals surface area contributed by atoms with Gasteiger partial charge in [-0.25, -0.2) is 0 Å². The van der Waals surface area contributed by atoms with Crippen LogP contribution < -0.4 is 10.1 Å². The molecular formula is C15H21NO3. The lowest BCUT2D eigenvalue weighted by molar-refractivity contribution is -0.118. The molecule has 0 aliphatic rings. The fraction of sp³-hybridized carbons (Fsp3) is 0.400. The molecule has 0 saturated carbocycles. The Balaban J connectivity index is 2.68. The number of hydrogen-bond donors (Lipinski definition) is 2. The van der Waals surface area contributed by atoms with Crippen LogP contribution in [0.1, 0.15) is 25.8 Å². The molecule has 2 N–H and O–H groups in total. The van der Waals surface area contributed by atoms with Gasteiger partial charge in [0, 0.05) is 6.08 Å². The summed E-state index contributed by atoms with van der Waals surface area (Å²) in [5.41, 5.74) is 0.312. The molecule has 0 spiro atoms. The third-order valence-corrected chi connectivity index (χ3v) is 3.08. The van der Waals surface area contributed by atoms with Crippen molar-refractivity contribution in [1.82, 2.24) is 5.32 Å². The van der Waals surface area contributed by atoms with Crippen molar-refractivity contribution in [3.8, 4) is 5.75 Å². The van der Waals surface area contributed by atoms with Crippen molar-refractivity contribution >= 4 is 12.0 Å². The van der Waals surface area contributed by atoms with Crippen molar-refractivity contribution < 1.29 is 14.6 Å². The van der Waals surface area contributed by atoms with E-state index in [0.29, 0.717) is 6.42 Å². The molecule has 0 radical (unpaired) electrons. The van der Waals surface area contributed by atoms with E-state index >= 15 is 0 Å². The number of carbonyl (C=O) groups is 1. The van der Waals surface area contributed by atoms with Crippen molar-refractivity contribution in [3.63, 3.8) is 0 Å². The summed E-state index contributed by atoms with van der Waals surface area (Å²) in [5, 5.41) is 12.0. The van der Waals surface area contributed by atoms with Gasteiger partial charge in [0.05, 0.1) is 19.3 Å². The van der Waals surface area contributed by atoms with Gasteiger partial charge in [-0.3, -0.25) is 4.79 Å². The largest absolute Gasteiger partial charge is 0.497 e. The van der Waals surface area contributed by atoms with E-state index < -0.39 is 5.54 Å². The standard InChI is InChI=1S/C15H21NO3/c1-4-15(2,11-17)16-14(18)9-8-12-6-5-7-13(10-12)19-3/h5-10,17H,4,11H2,1-3H3,(H,16,18). The highest BCUT2D eigenvalue weighted by molar-refractivity contribution is 5.92. The van der Waals surface area contributed by atoms with E-state index in [0.717, 1.165) is 11.3 Å². The summed E-state index contributed by atoms with van der Waals surface area (Å²) in [6, 6.07) is 7.43. The molecule has 0 fully saturated rings. The molecule has 0 bridgehead atoms. The SMILES string of the molecule is CCC(C)(CO)NC(=O)C=Cc1cccc(OC)c1. The monoisotopic (exact) mass is 263 g/mol. The van der Waals surface area contributed by atoms with Gasteiger partial charge in [0.15, 0.2) is 0 Å². The number of carbonyl (C=O) groups excluding carboxylic acids is 1. The third kappa shape index (κ3) is 4.75. The predicted octanol–water partition coefficient (Wildman–Crippen LogP) is 1.99. The van der Waals surface area contributed by atoms with Gasteiger partial charge < -0.3 is 15.2 Å². The van der Waals surface area contributed by atoms with Crippen LogP contribution in [-0.4, -0.2) is 30.3 Å². The number of ether oxygens (including phenoxy) is 1. The van der Waals surface area contributed by atoms with Gasteiger partial charge in [0.1, 0.15) is 5.75 Å². The molecule has 0 aliphatic carbocycles. The lowest BCUT2D eigenvalue weighted by atomic mass is 10.0. The second-order valence-corrected chi connectivity index (χ2v) is 4.67.